The van der Waals surface area contributed by atoms with Crippen molar-refractivity contribution < 1.29 is 4.74 Å². The fourth-order valence-electron chi connectivity index (χ4n) is 2.22. The zero-order chi connectivity index (χ0) is 13.8. The largest absolute Gasteiger partial charge is 0.376 e. The van der Waals surface area contributed by atoms with E-state index in [1.165, 1.54) is 0 Å². The van der Waals surface area contributed by atoms with E-state index < -0.39 is 0 Å². The summed E-state index contributed by atoms with van der Waals surface area (Å²) in [5, 5.41) is 4.12. The van der Waals surface area contributed by atoms with Crippen LogP contribution in [-0.2, 0) is 4.74 Å². The molecule has 1 aromatic rings. The summed E-state index contributed by atoms with van der Waals surface area (Å²) in [6.07, 6.45) is 0.0763. The molecule has 1 aromatic carbocycles. The van der Waals surface area contributed by atoms with Crippen molar-refractivity contribution in [2.75, 3.05) is 13.7 Å². The molecule has 2 unspecified atom stereocenters. The lowest BCUT2D eigenvalue weighted by Crippen LogP contribution is -2.41. The number of hydrogen-bond acceptors (Lipinski definition) is 2. The summed E-state index contributed by atoms with van der Waals surface area (Å²) in [7, 11) is 1.95. The van der Waals surface area contributed by atoms with E-state index in [2.05, 4.69) is 32.2 Å². The van der Waals surface area contributed by atoms with Crippen molar-refractivity contribution in [3.8, 4) is 0 Å². The van der Waals surface area contributed by atoms with Crippen molar-refractivity contribution in [2.24, 2.45) is 5.41 Å². The molecular weight excluding hydrogens is 246 g/mol. The Morgan fingerprint density at radius 2 is 1.89 bits per heavy atom. The fraction of sp³-hybridized carbons (Fsp3) is 0.600. The van der Waals surface area contributed by atoms with Gasteiger partial charge in [-0.05, 0) is 31.0 Å². The number of hydrogen-bond donors (Lipinski definition) is 1. The summed E-state index contributed by atoms with van der Waals surface area (Å²) in [5.74, 6) is 0. The predicted molar refractivity (Wildman–Crippen MR) is 78.1 cm³/mol. The molecule has 0 bridgehead atoms. The lowest BCUT2D eigenvalue weighted by Gasteiger charge is -2.37. The van der Waals surface area contributed by atoms with E-state index in [-0.39, 0.29) is 17.6 Å². The number of rotatable bonds is 5. The number of nitrogens with one attached hydrogen (secondary N) is 1. The van der Waals surface area contributed by atoms with Crippen LogP contribution in [0.2, 0.25) is 5.02 Å². The van der Waals surface area contributed by atoms with Crippen LogP contribution in [0.1, 0.15) is 39.3 Å². The van der Waals surface area contributed by atoms with Crippen molar-refractivity contribution in [1.82, 2.24) is 5.32 Å². The summed E-state index contributed by atoms with van der Waals surface area (Å²) in [6.45, 7) is 9.29. The second-order valence-corrected chi connectivity index (χ2v) is 5.94. The Kier molecular flexibility index (Phi) is 5.64. The molecule has 18 heavy (non-hydrogen) atoms. The summed E-state index contributed by atoms with van der Waals surface area (Å²) in [6, 6.07) is 8.04. The Balaban J connectivity index is 3.10. The van der Waals surface area contributed by atoms with Crippen molar-refractivity contribution in [3.63, 3.8) is 0 Å². The molecule has 0 radical (unpaired) electrons. The third kappa shape index (κ3) is 3.71. The Morgan fingerprint density at radius 1 is 1.28 bits per heavy atom. The average Bonchev–Trinajstić information content (AvgIpc) is 2.30. The maximum absolute atomic E-state index is 6.30. The van der Waals surface area contributed by atoms with Gasteiger partial charge in [0.05, 0.1) is 12.1 Å². The van der Waals surface area contributed by atoms with Gasteiger partial charge in [-0.1, -0.05) is 50.6 Å². The van der Waals surface area contributed by atoms with Crippen molar-refractivity contribution in [3.05, 3.63) is 34.9 Å². The molecule has 0 saturated heterocycles. The van der Waals surface area contributed by atoms with Crippen LogP contribution in [0.25, 0.3) is 0 Å². The third-order valence-electron chi connectivity index (χ3n) is 3.05. The SMILES string of the molecule is CCOC(C(NC)c1ccccc1Cl)C(C)(C)C. The zero-order valence-electron chi connectivity index (χ0n) is 12.0. The second kappa shape index (κ2) is 6.55. The molecule has 0 aliphatic heterocycles. The fourth-order valence-corrected chi connectivity index (χ4v) is 2.48. The van der Waals surface area contributed by atoms with Gasteiger partial charge in [0.2, 0.25) is 0 Å². The molecule has 0 aliphatic rings. The Hall–Kier alpha value is -0.570. The van der Waals surface area contributed by atoms with Gasteiger partial charge in [-0.25, -0.2) is 0 Å². The summed E-state index contributed by atoms with van der Waals surface area (Å²) in [5.41, 5.74) is 1.14. The van der Waals surface area contributed by atoms with E-state index in [1.54, 1.807) is 0 Å². The van der Waals surface area contributed by atoms with Crippen LogP contribution >= 0.6 is 11.6 Å². The van der Waals surface area contributed by atoms with Crippen molar-refractivity contribution >= 4 is 11.6 Å². The lowest BCUT2D eigenvalue weighted by molar-refractivity contribution is -0.0350. The Labute approximate surface area is 116 Å². The van der Waals surface area contributed by atoms with Crippen LogP contribution < -0.4 is 5.32 Å². The first kappa shape index (κ1) is 15.5. The molecule has 0 aromatic heterocycles. The van der Waals surface area contributed by atoms with Gasteiger partial charge in [-0.15, -0.1) is 0 Å². The molecule has 0 saturated carbocycles. The van der Waals surface area contributed by atoms with E-state index in [0.717, 1.165) is 10.6 Å². The van der Waals surface area contributed by atoms with Crippen LogP contribution in [0.5, 0.6) is 0 Å². The number of benzene rings is 1. The van der Waals surface area contributed by atoms with Gasteiger partial charge in [0.15, 0.2) is 0 Å². The first-order valence-corrected chi connectivity index (χ1v) is 6.83. The topological polar surface area (TPSA) is 21.3 Å². The van der Waals surface area contributed by atoms with Gasteiger partial charge in [-0.2, -0.15) is 0 Å². The van der Waals surface area contributed by atoms with E-state index in [0.29, 0.717) is 6.61 Å². The van der Waals surface area contributed by atoms with E-state index in [4.69, 9.17) is 16.3 Å². The standard InChI is InChI=1S/C15H24ClNO/c1-6-18-14(15(2,3)4)13(17-5)11-9-7-8-10-12(11)16/h7-10,13-14,17H,6H2,1-5H3. The van der Waals surface area contributed by atoms with E-state index in [9.17, 15) is 0 Å². The lowest BCUT2D eigenvalue weighted by atomic mass is 9.82. The van der Waals surface area contributed by atoms with Crippen LogP contribution in [0.3, 0.4) is 0 Å². The molecule has 1 N–H and O–H groups in total. The molecule has 0 aliphatic carbocycles. The average molecular weight is 270 g/mol. The predicted octanol–water partition coefficient (Wildman–Crippen LogP) is 4.05. The minimum Gasteiger partial charge on any atom is -0.376 e. The van der Waals surface area contributed by atoms with Crippen LogP contribution in [-0.4, -0.2) is 19.8 Å². The van der Waals surface area contributed by atoms with Gasteiger partial charge in [-0.3, -0.25) is 0 Å². The van der Waals surface area contributed by atoms with Gasteiger partial charge in [0.25, 0.3) is 0 Å². The quantitative estimate of drug-likeness (QED) is 0.871. The highest BCUT2D eigenvalue weighted by molar-refractivity contribution is 6.31. The molecule has 2 nitrogen and oxygen atoms in total. The van der Waals surface area contributed by atoms with Gasteiger partial charge in [0, 0.05) is 11.6 Å². The highest BCUT2D eigenvalue weighted by Gasteiger charge is 2.33. The highest BCUT2D eigenvalue weighted by atomic mass is 35.5. The third-order valence-corrected chi connectivity index (χ3v) is 3.40. The van der Waals surface area contributed by atoms with Crippen molar-refractivity contribution in [2.45, 2.75) is 39.8 Å². The van der Waals surface area contributed by atoms with Crippen LogP contribution in [0.4, 0.5) is 0 Å². The molecule has 3 heteroatoms. The number of likely N-dealkylation sites (N-methyl/N-ethyl adjacent to an activating group) is 1. The molecule has 0 amide bonds. The van der Waals surface area contributed by atoms with E-state index in [1.807, 2.05) is 32.2 Å². The summed E-state index contributed by atoms with van der Waals surface area (Å²) < 4.78 is 5.95. The number of ether oxygens (including phenoxy) is 1. The second-order valence-electron chi connectivity index (χ2n) is 5.53. The first-order valence-electron chi connectivity index (χ1n) is 6.45. The van der Waals surface area contributed by atoms with Crippen LogP contribution in [0.15, 0.2) is 24.3 Å². The van der Waals surface area contributed by atoms with Crippen molar-refractivity contribution in [1.29, 1.82) is 0 Å². The minimum atomic E-state index is 0.0445. The summed E-state index contributed by atoms with van der Waals surface area (Å²) in [4.78, 5) is 0. The molecule has 1 rings (SSSR count). The van der Waals surface area contributed by atoms with Crippen LogP contribution in [0, 0.1) is 5.41 Å². The van der Waals surface area contributed by atoms with Gasteiger partial charge in [0.1, 0.15) is 0 Å². The zero-order valence-corrected chi connectivity index (χ0v) is 12.7. The molecule has 0 heterocycles. The first-order chi connectivity index (χ1) is 8.41. The van der Waals surface area contributed by atoms with Gasteiger partial charge < -0.3 is 10.1 Å². The smallest absolute Gasteiger partial charge is 0.0818 e. The Morgan fingerprint density at radius 3 is 2.33 bits per heavy atom. The minimum absolute atomic E-state index is 0.0445. The highest BCUT2D eigenvalue weighted by Crippen LogP contribution is 2.35. The monoisotopic (exact) mass is 269 g/mol. The van der Waals surface area contributed by atoms with Gasteiger partial charge >= 0.3 is 0 Å². The number of halogens is 1. The maximum atomic E-state index is 6.30. The normalized spacial score (nSPS) is 15.4. The molecule has 0 spiro atoms. The molecule has 2 atom stereocenters. The summed E-state index contributed by atoms with van der Waals surface area (Å²) >= 11 is 6.30. The maximum Gasteiger partial charge on any atom is 0.0818 e. The molecule has 0 fully saturated rings. The molecular formula is C15H24ClNO. The Bertz CT molecular complexity index is 373. The van der Waals surface area contributed by atoms with E-state index >= 15 is 0 Å². The molecule has 102 valence electrons.